The highest BCUT2D eigenvalue weighted by Gasteiger charge is 2.80. The molecule has 5 unspecified atom stereocenters. The lowest BCUT2D eigenvalue weighted by molar-refractivity contribution is -0.228. The SMILES string of the molecule is [2H][13C]([2H])([2H])[13C](=O)O[C@@H]1[C@]2(CC)C=CCN3CC[C@@]4(c5cc(C6C7CN(CCc8c([nH]c9ccccc89)[C@@H]6C(=O)OC)CC(O)(CC)C7)c(OC)cc5N(C)C4[C@@]1(O)C(=O)OC)[C@@H]32. The first-order chi connectivity index (χ1) is 29.5. The molecule has 0 amide bonds. The van der Waals surface area contributed by atoms with Crippen molar-refractivity contribution in [2.24, 2.45) is 11.3 Å². The number of hydrogen-bond acceptors (Lipinski definition) is 12. The van der Waals surface area contributed by atoms with Gasteiger partial charge in [-0.3, -0.25) is 19.4 Å². The second-order valence-corrected chi connectivity index (χ2v) is 17.9. The van der Waals surface area contributed by atoms with E-state index in [1.807, 2.05) is 55.2 Å². The molecule has 316 valence electrons. The normalized spacial score (nSPS) is 37.9. The van der Waals surface area contributed by atoms with Crippen LogP contribution in [0.1, 0.15) is 84.7 Å². The Kier molecular flexibility index (Phi) is 8.69. The number of carbonyl (C=O) groups excluding carboxylic acids is 3. The van der Waals surface area contributed by atoms with E-state index in [2.05, 4.69) is 26.9 Å². The zero-order valence-corrected chi connectivity index (χ0v) is 34.7. The number of benzene rings is 2. The van der Waals surface area contributed by atoms with Crippen molar-refractivity contribution in [3.8, 4) is 5.75 Å². The summed E-state index contributed by atoms with van der Waals surface area (Å²) in [6, 6.07) is 10.5. The number of H-pyrrole nitrogens is 1. The highest BCUT2D eigenvalue weighted by molar-refractivity contribution is 5.90. The number of para-hydroxylation sites is 1. The highest BCUT2D eigenvalue weighted by atomic mass is 16.6. The number of nitrogens with zero attached hydrogens (tertiary/aromatic N) is 3. The average Bonchev–Trinajstić information content (AvgIpc) is 3.91. The van der Waals surface area contributed by atoms with Crippen molar-refractivity contribution >= 4 is 34.5 Å². The van der Waals surface area contributed by atoms with Crippen molar-refractivity contribution in [3.05, 3.63) is 70.9 Å². The summed E-state index contributed by atoms with van der Waals surface area (Å²) in [6.07, 6.45) is 4.54. The number of fused-ring (bicyclic) bond motifs is 6. The molecule has 13 heteroatoms. The molecule has 2 aromatic carbocycles. The zero-order chi connectivity index (χ0) is 44.3. The third-order valence-corrected chi connectivity index (χ3v) is 15.5. The molecule has 1 saturated carbocycles. The molecule has 1 aromatic heterocycles. The Morgan fingerprint density at radius 3 is 2.54 bits per heavy atom. The van der Waals surface area contributed by atoms with E-state index in [1.165, 1.54) is 7.11 Å². The Morgan fingerprint density at radius 2 is 1.83 bits per heavy atom. The molecule has 3 N–H and O–H groups in total. The largest absolute Gasteiger partial charge is 0.496 e. The fraction of sp³-hybridized carbons (Fsp3) is 0.587. The van der Waals surface area contributed by atoms with Crippen LogP contribution in [0.15, 0.2) is 48.6 Å². The molecule has 1 spiro atoms. The maximum absolute atomic E-state index is 14.7. The van der Waals surface area contributed by atoms with Gasteiger partial charge in [0.15, 0.2) is 6.10 Å². The molecule has 5 aliphatic heterocycles. The number of carbonyl (C=O) groups is 3. The molecule has 1 aliphatic carbocycles. The number of rotatable bonds is 7. The summed E-state index contributed by atoms with van der Waals surface area (Å²) in [7, 11) is 5.93. The molecule has 11 atom stereocenters. The summed E-state index contributed by atoms with van der Waals surface area (Å²) in [4.78, 5) is 52.7. The predicted octanol–water partition coefficient (Wildman–Crippen LogP) is 4.18. The third kappa shape index (κ3) is 5.39. The number of ether oxygens (including phenoxy) is 4. The van der Waals surface area contributed by atoms with E-state index in [1.54, 1.807) is 14.2 Å². The lowest BCUT2D eigenvalue weighted by Gasteiger charge is -2.63. The quantitative estimate of drug-likeness (QED) is 0.136. The van der Waals surface area contributed by atoms with Gasteiger partial charge in [0.25, 0.3) is 0 Å². The van der Waals surface area contributed by atoms with Gasteiger partial charge in [0.05, 0.1) is 33.0 Å². The van der Waals surface area contributed by atoms with E-state index in [-0.39, 0.29) is 12.3 Å². The maximum Gasteiger partial charge on any atom is 0.344 e. The average molecular weight is 816 g/mol. The molecule has 59 heavy (non-hydrogen) atoms. The lowest BCUT2D eigenvalue weighted by Crippen LogP contribution is -2.81. The van der Waals surface area contributed by atoms with Crippen molar-refractivity contribution in [2.75, 3.05) is 66.0 Å². The molecule has 13 nitrogen and oxygen atoms in total. The summed E-state index contributed by atoms with van der Waals surface area (Å²) >= 11 is 0. The first kappa shape index (κ1) is 36.4. The van der Waals surface area contributed by atoms with Crippen LogP contribution in [-0.4, -0.2) is 133 Å². The van der Waals surface area contributed by atoms with Gasteiger partial charge < -0.3 is 39.0 Å². The predicted molar refractivity (Wildman–Crippen MR) is 221 cm³/mol. The molecule has 2 saturated heterocycles. The van der Waals surface area contributed by atoms with Crippen molar-refractivity contribution in [1.82, 2.24) is 14.8 Å². The highest BCUT2D eigenvalue weighted by Crippen LogP contribution is 2.68. The standard InChI is InChI=1S/C46H58N4O9/c1-8-43(54)23-27-24-49(25-43)19-15-29-28-13-10-11-14-32(28)47-37(29)36(38(52)57-6)35(27)30-21-31-33(22-34(30)56-5)48(4)40-45(31)17-20-50-18-12-16-44(9-2,39(45)50)41(59-26(3)51)46(40,55)42(53)58-7/h10-14,16,21-22,27,35-36,39-41,47,54-55H,8-9,15,17-20,23-25H2,1-7H3/t27?,35?,36-,39+,40?,41-,43?,44-,45-,46+/m1/s1/i3+1D3,26+1. The van der Waals surface area contributed by atoms with Gasteiger partial charge in [-0.05, 0) is 73.4 Å². The Balaban J connectivity index is 1.33. The van der Waals surface area contributed by atoms with E-state index < -0.39 is 76.8 Å². The number of esters is 3. The monoisotopic (exact) mass is 815 g/mol. The van der Waals surface area contributed by atoms with Gasteiger partial charge in [-0.15, -0.1) is 0 Å². The number of aromatic nitrogens is 1. The molecular formula is C46H58N4O9. The molecule has 0 radical (unpaired) electrons. The summed E-state index contributed by atoms with van der Waals surface area (Å²) < 4.78 is 47.3. The Bertz CT molecular complexity index is 2350. The minimum Gasteiger partial charge on any atom is -0.496 e. The van der Waals surface area contributed by atoms with Crippen molar-refractivity contribution in [2.45, 2.75) is 99.4 Å². The Hall–Kier alpha value is -4.43. The zero-order valence-electron chi connectivity index (χ0n) is 37.7. The number of likely N-dealkylation sites (N-methyl/N-ethyl adjacent to an activating group) is 1. The van der Waals surface area contributed by atoms with Crippen LogP contribution in [0, 0.1) is 11.3 Å². The first-order valence-electron chi connectivity index (χ1n) is 22.5. The fourth-order valence-corrected chi connectivity index (χ4v) is 13.4. The molecule has 3 fully saturated rings. The van der Waals surface area contributed by atoms with Gasteiger partial charge in [-0.1, -0.05) is 44.2 Å². The van der Waals surface area contributed by atoms with Crippen LogP contribution in [-0.2, 0) is 40.4 Å². The van der Waals surface area contributed by atoms with Crippen molar-refractivity contribution in [3.63, 3.8) is 0 Å². The Morgan fingerprint density at radius 1 is 1.03 bits per heavy atom. The summed E-state index contributed by atoms with van der Waals surface area (Å²) in [5.41, 5.74) is -0.946. The number of nitrogens with one attached hydrogen (secondary N) is 1. The molecule has 3 aromatic rings. The third-order valence-electron chi connectivity index (χ3n) is 15.5. The minimum atomic E-state index is -3.17. The van der Waals surface area contributed by atoms with Gasteiger partial charge in [-0.2, -0.15) is 0 Å². The fourth-order valence-electron chi connectivity index (χ4n) is 13.4. The smallest absolute Gasteiger partial charge is 0.344 e. The maximum atomic E-state index is 14.7. The number of hydrogen-bond donors (Lipinski definition) is 3. The number of anilines is 1. The molecule has 9 rings (SSSR count). The van der Waals surface area contributed by atoms with Gasteiger partial charge in [0.2, 0.25) is 5.60 Å². The van der Waals surface area contributed by atoms with Gasteiger partial charge >= 0.3 is 17.9 Å². The number of methoxy groups -OCH3 is 3. The minimum absolute atomic E-state index is 0.260. The number of aromatic amines is 1. The molecule has 6 heterocycles. The van der Waals surface area contributed by atoms with Crippen LogP contribution in [0.5, 0.6) is 5.75 Å². The van der Waals surface area contributed by atoms with Crippen LogP contribution >= 0.6 is 0 Å². The Labute approximate surface area is 349 Å². The summed E-state index contributed by atoms with van der Waals surface area (Å²) in [6.45, 7) is 3.60. The van der Waals surface area contributed by atoms with E-state index in [9.17, 15) is 24.6 Å². The molecule has 2 bridgehead atoms. The van der Waals surface area contributed by atoms with Crippen molar-refractivity contribution < 1.29 is 47.7 Å². The topological polar surface area (TPSA) is 154 Å². The van der Waals surface area contributed by atoms with E-state index in [0.29, 0.717) is 69.8 Å². The first-order valence-corrected chi connectivity index (χ1v) is 21.0. The van der Waals surface area contributed by atoms with Crippen LogP contribution in [0.4, 0.5) is 5.69 Å². The van der Waals surface area contributed by atoms with Gasteiger partial charge in [0, 0.05) is 95.3 Å². The summed E-state index contributed by atoms with van der Waals surface area (Å²) in [5, 5.41) is 26.6. The molecular weight excluding hydrogens is 755 g/mol. The van der Waals surface area contributed by atoms with E-state index in [0.717, 1.165) is 40.4 Å². The van der Waals surface area contributed by atoms with Gasteiger partial charge in [0.1, 0.15) is 11.7 Å². The van der Waals surface area contributed by atoms with Crippen LogP contribution in [0.3, 0.4) is 0 Å². The second kappa shape index (κ2) is 14.1. The lowest BCUT2D eigenvalue weighted by atomic mass is 9.47. The van der Waals surface area contributed by atoms with Crippen LogP contribution in [0.25, 0.3) is 10.9 Å². The van der Waals surface area contributed by atoms with Gasteiger partial charge in [-0.25, -0.2) is 4.79 Å². The summed E-state index contributed by atoms with van der Waals surface area (Å²) in [5.74, 6) is -4.21. The number of piperidine rings is 1. The van der Waals surface area contributed by atoms with Crippen LogP contribution < -0.4 is 9.64 Å². The molecule has 6 aliphatic rings. The van der Waals surface area contributed by atoms with Crippen LogP contribution in [0.2, 0.25) is 0 Å². The van der Waals surface area contributed by atoms with Crippen molar-refractivity contribution in [1.29, 1.82) is 0 Å². The number of aliphatic hydroxyl groups is 2. The second-order valence-electron chi connectivity index (χ2n) is 17.9. The van der Waals surface area contributed by atoms with E-state index in [4.69, 9.17) is 23.1 Å². The van der Waals surface area contributed by atoms with E-state index >= 15 is 0 Å².